The van der Waals surface area contributed by atoms with Gasteiger partial charge >= 0.3 is 0 Å². The van der Waals surface area contributed by atoms with Gasteiger partial charge in [0.05, 0.1) is 6.04 Å². The average Bonchev–Trinajstić information content (AvgIpc) is 2.51. The predicted molar refractivity (Wildman–Crippen MR) is 91.1 cm³/mol. The second-order valence-electron chi connectivity index (χ2n) is 4.06. The zero-order valence-corrected chi connectivity index (χ0v) is 13.3. The smallest absolute Gasteiger partial charge is 0.146 e. The summed E-state index contributed by atoms with van der Waals surface area (Å²) in [6, 6.07) is 13.9. The van der Waals surface area contributed by atoms with Gasteiger partial charge in [0.2, 0.25) is 0 Å². The lowest BCUT2D eigenvalue weighted by Crippen LogP contribution is -2.30. The molecule has 0 spiro atoms. The molecule has 2 aromatic carbocycles. The first kappa shape index (κ1) is 18.3. The Morgan fingerprint density at radius 1 is 1.05 bits per heavy atom. The highest BCUT2D eigenvalue weighted by Gasteiger charge is 2.10. The zero-order valence-electron chi connectivity index (χ0n) is 13.3. The fraction of sp³-hybridized carbons (Fsp3) is 0.389. The molecule has 0 saturated heterocycles. The summed E-state index contributed by atoms with van der Waals surface area (Å²) in [6.45, 7) is 9.54. The number of benzene rings is 2. The molecular weight excluding hydrogens is 246 g/mol. The molecule has 0 fully saturated rings. The summed E-state index contributed by atoms with van der Waals surface area (Å²) in [7, 11) is 0. The first-order chi connectivity index (χ1) is 9.68. The number of nitrogens with two attached hydrogens (primary N) is 1. The Morgan fingerprint density at radius 3 is 2.20 bits per heavy atom. The van der Waals surface area contributed by atoms with Gasteiger partial charge in [-0.05, 0) is 29.7 Å². The van der Waals surface area contributed by atoms with Crippen molar-refractivity contribution < 1.29 is 6.22 Å². The Hall–Kier alpha value is -1.67. The third-order valence-corrected chi connectivity index (χ3v) is 2.84. The number of carbonyl (C=O) groups is 1. The lowest BCUT2D eigenvalue weighted by atomic mass is 9.98. The molecule has 2 nitrogen and oxygen atoms in total. The van der Waals surface area contributed by atoms with Crippen LogP contribution in [0, 0.1) is 0 Å². The molecule has 0 aliphatic carbocycles. The minimum atomic E-state index is -0.397. The standard InChI is InChI=1S/C14H15NO.2C2H6.H2/c1-10(16)14(15)9-12-7-4-6-11-5-2-3-8-13(11)12;2*1-2;/h2-8,14H,9,15H2,1H3;2*1-2H3;1H/t14-;;;/m0.../s1. The highest BCUT2D eigenvalue weighted by molar-refractivity contribution is 5.87. The quantitative estimate of drug-likeness (QED) is 0.889. The Morgan fingerprint density at radius 2 is 1.60 bits per heavy atom. The molecule has 1 atom stereocenters. The summed E-state index contributed by atoms with van der Waals surface area (Å²) < 4.78 is 0. The van der Waals surface area contributed by atoms with E-state index in [1.54, 1.807) is 0 Å². The number of Topliss-reactive ketones (excluding diaryl/α,β-unsaturated/α-hetero) is 1. The summed E-state index contributed by atoms with van der Waals surface area (Å²) >= 11 is 0. The van der Waals surface area contributed by atoms with Crippen molar-refractivity contribution in [3.63, 3.8) is 0 Å². The van der Waals surface area contributed by atoms with E-state index in [9.17, 15) is 4.79 Å². The molecule has 0 saturated carbocycles. The molecule has 0 aromatic heterocycles. The molecule has 2 rings (SSSR count). The molecule has 0 heterocycles. The molecule has 0 radical (unpaired) electrons. The maximum Gasteiger partial charge on any atom is 0.146 e. The van der Waals surface area contributed by atoms with Gasteiger partial charge in [0.1, 0.15) is 5.78 Å². The summed E-state index contributed by atoms with van der Waals surface area (Å²) in [5, 5.41) is 2.37. The molecule has 2 aromatic rings. The van der Waals surface area contributed by atoms with Gasteiger partial charge in [-0.3, -0.25) is 4.79 Å². The molecule has 2 N–H and O–H groups in total. The third kappa shape index (κ3) is 5.14. The minimum Gasteiger partial charge on any atom is -0.321 e. The third-order valence-electron chi connectivity index (χ3n) is 2.84. The van der Waals surface area contributed by atoms with Gasteiger partial charge in [0.15, 0.2) is 0 Å². The Bertz CT molecular complexity index is 520. The Labute approximate surface area is 124 Å². The van der Waals surface area contributed by atoms with Gasteiger partial charge < -0.3 is 5.73 Å². The second kappa shape index (κ2) is 10.2. The molecule has 0 aliphatic heterocycles. The maximum absolute atomic E-state index is 11.2. The van der Waals surface area contributed by atoms with E-state index < -0.39 is 6.04 Å². The van der Waals surface area contributed by atoms with E-state index in [0.717, 1.165) is 5.56 Å². The van der Waals surface area contributed by atoms with E-state index in [0.29, 0.717) is 6.42 Å². The molecule has 0 aliphatic rings. The molecule has 2 heteroatoms. The van der Waals surface area contributed by atoms with Crippen LogP contribution in [0.4, 0.5) is 0 Å². The summed E-state index contributed by atoms with van der Waals surface area (Å²) in [6.07, 6.45) is 0.608. The van der Waals surface area contributed by atoms with Gasteiger partial charge in [-0.15, -0.1) is 0 Å². The van der Waals surface area contributed by atoms with E-state index in [2.05, 4.69) is 18.2 Å². The molecule has 0 unspecified atom stereocenters. The Kier molecular flexibility index (Phi) is 9.31. The van der Waals surface area contributed by atoms with Crippen molar-refractivity contribution in [2.75, 3.05) is 0 Å². The number of fused-ring (bicyclic) bond motifs is 1. The zero-order chi connectivity index (χ0) is 15.5. The van der Waals surface area contributed by atoms with Gasteiger partial charge in [-0.25, -0.2) is 0 Å². The molecular formula is C18H29NO. The van der Waals surface area contributed by atoms with Crippen molar-refractivity contribution >= 4 is 16.6 Å². The molecule has 0 bridgehead atoms. The number of hydrogen-bond donors (Lipinski definition) is 1. The van der Waals surface area contributed by atoms with Crippen LogP contribution in [0.25, 0.3) is 10.8 Å². The van der Waals surface area contributed by atoms with Gasteiger partial charge in [-0.2, -0.15) is 0 Å². The highest BCUT2D eigenvalue weighted by Crippen LogP contribution is 2.19. The predicted octanol–water partition coefficient (Wildman–Crippen LogP) is 4.60. The average molecular weight is 275 g/mol. The fourth-order valence-corrected chi connectivity index (χ4v) is 1.85. The van der Waals surface area contributed by atoms with Crippen LogP contribution in [0.2, 0.25) is 0 Å². The van der Waals surface area contributed by atoms with E-state index in [1.165, 1.54) is 17.7 Å². The van der Waals surface area contributed by atoms with Gasteiger partial charge in [0.25, 0.3) is 0 Å². The van der Waals surface area contributed by atoms with Crippen molar-refractivity contribution in [2.45, 2.75) is 47.1 Å². The number of hydrogen-bond acceptors (Lipinski definition) is 2. The van der Waals surface area contributed by atoms with Crippen molar-refractivity contribution in [1.29, 1.82) is 0 Å². The molecule has 112 valence electrons. The number of carbonyl (C=O) groups excluding carboxylic acids is 1. The lowest BCUT2D eigenvalue weighted by molar-refractivity contribution is -0.118. The van der Waals surface area contributed by atoms with Crippen LogP contribution in [-0.4, -0.2) is 11.8 Å². The van der Waals surface area contributed by atoms with E-state index in [1.807, 2.05) is 52.0 Å². The normalized spacial score (nSPS) is 10.7. The molecule has 0 amide bonds. The summed E-state index contributed by atoms with van der Waals surface area (Å²) in [4.78, 5) is 11.2. The largest absolute Gasteiger partial charge is 0.321 e. The van der Waals surface area contributed by atoms with Gasteiger partial charge in [-0.1, -0.05) is 70.2 Å². The van der Waals surface area contributed by atoms with E-state index >= 15 is 0 Å². The van der Waals surface area contributed by atoms with Crippen molar-refractivity contribution in [3.8, 4) is 0 Å². The lowest BCUT2D eigenvalue weighted by Gasteiger charge is -2.10. The SMILES string of the molecule is CC.CC.CC(=O)[C@@H](N)Cc1cccc2ccccc12.[HH]. The van der Waals surface area contributed by atoms with Crippen LogP contribution in [0.15, 0.2) is 42.5 Å². The van der Waals surface area contributed by atoms with Crippen LogP contribution in [0.3, 0.4) is 0 Å². The number of ketones is 1. The summed E-state index contributed by atoms with van der Waals surface area (Å²) in [5.74, 6) is 0.0351. The van der Waals surface area contributed by atoms with Crippen LogP contribution in [-0.2, 0) is 11.2 Å². The van der Waals surface area contributed by atoms with E-state index in [-0.39, 0.29) is 7.21 Å². The Balaban J connectivity index is 0. The summed E-state index contributed by atoms with van der Waals surface area (Å²) in [5.41, 5.74) is 6.93. The van der Waals surface area contributed by atoms with Crippen molar-refractivity contribution in [1.82, 2.24) is 0 Å². The molecule has 20 heavy (non-hydrogen) atoms. The van der Waals surface area contributed by atoms with Crippen molar-refractivity contribution in [2.24, 2.45) is 5.73 Å². The van der Waals surface area contributed by atoms with Crippen molar-refractivity contribution in [3.05, 3.63) is 48.0 Å². The maximum atomic E-state index is 11.2. The first-order valence-electron chi connectivity index (χ1n) is 7.41. The monoisotopic (exact) mass is 275 g/mol. The highest BCUT2D eigenvalue weighted by atomic mass is 16.1. The fourth-order valence-electron chi connectivity index (χ4n) is 1.85. The number of rotatable bonds is 3. The second-order valence-corrected chi connectivity index (χ2v) is 4.06. The van der Waals surface area contributed by atoms with Crippen LogP contribution < -0.4 is 5.73 Å². The topological polar surface area (TPSA) is 43.1 Å². The van der Waals surface area contributed by atoms with Crippen LogP contribution >= 0.6 is 0 Å². The van der Waals surface area contributed by atoms with Crippen LogP contribution in [0.1, 0.15) is 41.6 Å². The first-order valence-corrected chi connectivity index (χ1v) is 7.41. The minimum absolute atomic E-state index is 0. The van der Waals surface area contributed by atoms with Crippen LogP contribution in [0.5, 0.6) is 0 Å². The van der Waals surface area contributed by atoms with Gasteiger partial charge in [0, 0.05) is 1.43 Å². The van der Waals surface area contributed by atoms with E-state index in [4.69, 9.17) is 5.73 Å².